The molecule has 1 saturated heterocycles. The average molecular weight is 484 g/mol. The van der Waals surface area contributed by atoms with E-state index in [1.165, 1.54) is 29.5 Å². The predicted molar refractivity (Wildman–Crippen MR) is 138 cm³/mol. The smallest absolute Gasteiger partial charge is 0.210 e. The first-order valence-electron chi connectivity index (χ1n) is 11.7. The van der Waals surface area contributed by atoms with Gasteiger partial charge in [0.15, 0.2) is 0 Å². The highest BCUT2D eigenvalue weighted by Crippen LogP contribution is 2.38. The minimum Gasteiger partial charge on any atom is -0.397 e. The molecule has 3 aromatic heterocycles. The number of thiophene rings is 1. The topological polar surface area (TPSA) is 130 Å². The highest BCUT2D eigenvalue weighted by molar-refractivity contribution is 7.19. The Morgan fingerprint density at radius 3 is 2.76 bits per heavy atom. The number of hydrogen-bond acceptors (Lipinski definition) is 9. The average Bonchev–Trinajstić information content (AvgIpc) is 3.27. The third-order valence-corrected chi connectivity index (χ3v) is 6.88. The van der Waals surface area contributed by atoms with Gasteiger partial charge in [-0.05, 0) is 44.2 Å². The van der Waals surface area contributed by atoms with Crippen molar-refractivity contribution in [3.63, 3.8) is 0 Å². The van der Waals surface area contributed by atoms with Crippen molar-refractivity contribution in [1.29, 1.82) is 5.41 Å². The van der Waals surface area contributed by atoms with Crippen molar-refractivity contribution in [2.75, 3.05) is 30.8 Å². The summed E-state index contributed by atoms with van der Waals surface area (Å²) in [6.07, 6.45) is 9.93. The molecule has 5 rings (SSSR count). The lowest BCUT2D eigenvalue weighted by Crippen LogP contribution is -2.42. The largest absolute Gasteiger partial charge is 0.397 e. The van der Waals surface area contributed by atoms with Crippen molar-refractivity contribution in [2.45, 2.75) is 52.5 Å². The first kappa shape index (κ1) is 25.5. The zero-order chi connectivity index (χ0) is 24.5. The number of rotatable bonds is 4. The number of amides is 1. The van der Waals surface area contributed by atoms with E-state index in [-0.39, 0.29) is 6.04 Å². The Bertz CT molecular complexity index is 1120. The number of morpholine rings is 1. The second-order valence-electron chi connectivity index (χ2n) is 7.85. The van der Waals surface area contributed by atoms with Crippen molar-refractivity contribution >= 4 is 51.5 Å². The molecule has 1 atom stereocenters. The van der Waals surface area contributed by atoms with E-state index in [1.807, 2.05) is 20.8 Å². The summed E-state index contributed by atoms with van der Waals surface area (Å²) in [6.45, 7) is 8.08. The molecule has 1 amide bonds. The van der Waals surface area contributed by atoms with Crippen LogP contribution in [0.15, 0.2) is 18.6 Å². The zero-order valence-electron chi connectivity index (χ0n) is 20.0. The Labute approximate surface area is 204 Å². The lowest BCUT2D eigenvalue weighted by atomic mass is 9.97. The molecule has 10 heteroatoms. The van der Waals surface area contributed by atoms with E-state index in [4.69, 9.17) is 15.9 Å². The third kappa shape index (κ3) is 5.87. The number of pyridine rings is 1. The molecule has 2 aliphatic rings. The standard InChI is InChI=1S/C16H16N6S.C6H11NO2.C2H6/c17-6-9-5-13(19-7-11(9)18)22-15-14-10-3-1-2-4-12(10)23-16(14)21-8-20-15;1-6-4-9-3-2-7(6)5-8;1-2/h5-8,17H,1-4,18H2,(H,19,20,21,22);5-6H,2-4H2,1H3;1-2H3/t;6-;/m.0./s1. The number of aryl methyl sites for hydroxylation is 2. The maximum absolute atomic E-state index is 10.2. The van der Waals surface area contributed by atoms with Crippen LogP contribution in [0.1, 0.15) is 49.6 Å². The number of nitrogens with one attached hydrogen (secondary N) is 2. The molecule has 0 radical (unpaired) electrons. The molecular formula is C24H33N7O2S. The number of ether oxygens (including phenoxy) is 1. The molecule has 3 aromatic rings. The van der Waals surface area contributed by atoms with Gasteiger partial charge < -0.3 is 26.1 Å². The molecule has 34 heavy (non-hydrogen) atoms. The van der Waals surface area contributed by atoms with Crippen LogP contribution in [0.3, 0.4) is 0 Å². The lowest BCUT2D eigenvalue weighted by molar-refractivity contribution is -0.125. The molecule has 0 aromatic carbocycles. The molecule has 0 unspecified atom stereocenters. The number of nitrogens with zero attached hydrogens (tertiary/aromatic N) is 4. The van der Waals surface area contributed by atoms with Gasteiger partial charge in [0, 0.05) is 23.2 Å². The normalized spacial score (nSPS) is 16.9. The monoisotopic (exact) mass is 483 g/mol. The van der Waals surface area contributed by atoms with Gasteiger partial charge in [-0.1, -0.05) is 13.8 Å². The van der Waals surface area contributed by atoms with Crippen molar-refractivity contribution in [1.82, 2.24) is 19.9 Å². The molecule has 4 N–H and O–H groups in total. The summed E-state index contributed by atoms with van der Waals surface area (Å²) in [7, 11) is 0. The van der Waals surface area contributed by atoms with Crippen LogP contribution in [0, 0.1) is 5.41 Å². The van der Waals surface area contributed by atoms with Crippen LogP contribution in [-0.2, 0) is 22.4 Å². The van der Waals surface area contributed by atoms with Crippen LogP contribution in [0.4, 0.5) is 17.3 Å². The zero-order valence-corrected chi connectivity index (χ0v) is 20.8. The molecular weight excluding hydrogens is 450 g/mol. The van der Waals surface area contributed by atoms with E-state index in [2.05, 4.69) is 20.3 Å². The second-order valence-corrected chi connectivity index (χ2v) is 8.93. The van der Waals surface area contributed by atoms with Crippen molar-refractivity contribution in [3.05, 3.63) is 34.6 Å². The van der Waals surface area contributed by atoms with E-state index in [0.29, 0.717) is 30.3 Å². The van der Waals surface area contributed by atoms with Crippen LogP contribution in [0.2, 0.25) is 0 Å². The fraction of sp³-hybridized carbons (Fsp3) is 0.458. The minimum absolute atomic E-state index is 0.260. The predicted octanol–water partition coefficient (Wildman–Crippen LogP) is 4.18. The van der Waals surface area contributed by atoms with Gasteiger partial charge in [0.25, 0.3) is 0 Å². The van der Waals surface area contributed by atoms with Crippen LogP contribution in [0.5, 0.6) is 0 Å². The number of nitrogens with two attached hydrogens (primary N) is 1. The minimum atomic E-state index is 0.260. The quantitative estimate of drug-likeness (QED) is 0.375. The van der Waals surface area contributed by atoms with Crippen molar-refractivity contribution in [3.8, 4) is 0 Å². The highest BCUT2D eigenvalue weighted by Gasteiger charge is 2.20. The van der Waals surface area contributed by atoms with E-state index >= 15 is 0 Å². The van der Waals surface area contributed by atoms with Gasteiger partial charge in [0.2, 0.25) is 6.41 Å². The van der Waals surface area contributed by atoms with E-state index in [1.54, 1.807) is 34.8 Å². The summed E-state index contributed by atoms with van der Waals surface area (Å²) in [5.74, 6) is 1.41. The van der Waals surface area contributed by atoms with Crippen molar-refractivity contribution < 1.29 is 9.53 Å². The molecule has 9 nitrogen and oxygen atoms in total. The number of carbonyl (C=O) groups excluding carboxylic acids is 1. The molecule has 182 valence electrons. The molecule has 1 aliphatic heterocycles. The first-order valence-corrected chi connectivity index (χ1v) is 12.5. The molecule has 0 saturated carbocycles. The van der Waals surface area contributed by atoms with E-state index in [0.717, 1.165) is 41.8 Å². The summed E-state index contributed by atoms with van der Waals surface area (Å²) < 4.78 is 5.11. The number of carbonyl (C=O) groups is 1. The summed E-state index contributed by atoms with van der Waals surface area (Å²) in [6, 6.07) is 2.02. The summed E-state index contributed by atoms with van der Waals surface area (Å²) >= 11 is 1.77. The highest BCUT2D eigenvalue weighted by atomic mass is 32.1. The van der Waals surface area contributed by atoms with E-state index in [9.17, 15) is 4.79 Å². The molecule has 0 spiro atoms. The number of anilines is 3. The van der Waals surface area contributed by atoms with E-state index < -0.39 is 0 Å². The summed E-state index contributed by atoms with van der Waals surface area (Å²) in [4.78, 5) is 27.6. The van der Waals surface area contributed by atoms with Gasteiger partial charge >= 0.3 is 0 Å². The molecule has 1 aliphatic carbocycles. The van der Waals surface area contributed by atoms with Crippen LogP contribution in [0.25, 0.3) is 10.2 Å². The van der Waals surface area contributed by atoms with Crippen LogP contribution in [-0.4, -0.2) is 58.3 Å². The van der Waals surface area contributed by atoms with Gasteiger partial charge in [0.1, 0.15) is 22.8 Å². The number of hydrogen-bond donors (Lipinski definition) is 3. The fourth-order valence-corrected chi connectivity index (χ4v) is 5.11. The Morgan fingerprint density at radius 2 is 2.06 bits per heavy atom. The number of nitrogen functional groups attached to an aromatic ring is 1. The molecule has 0 bridgehead atoms. The summed E-state index contributed by atoms with van der Waals surface area (Å²) in [5, 5.41) is 11.8. The lowest BCUT2D eigenvalue weighted by Gasteiger charge is -2.29. The number of aromatic nitrogens is 3. The second kappa shape index (κ2) is 12.4. The maximum Gasteiger partial charge on any atom is 0.210 e. The van der Waals surface area contributed by atoms with Gasteiger partial charge in [0.05, 0.1) is 36.5 Å². The SMILES string of the molecule is CC.C[C@H]1COCCN1C=O.N=Cc1cc(Nc2ncnc3sc4c(c23)CCCC4)ncc1N. The van der Waals surface area contributed by atoms with Crippen LogP contribution < -0.4 is 11.1 Å². The third-order valence-electron chi connectivity index (χ3n) is 5.68. The van der Waals surface area contributed by atoms with Gasteiger partial charge in [-0.3, -0.25) is 4.79 Å². The molecule has 4 heterocycles. The Hall–Kier alpha value is -3.11. The fourth-order valence-electron chi connectivity index (χ4n) is 3.88. The Balaban J connectivity index is 0.000000248. The Kier molecular flexibility index (Phi) is 9.29. The summed E-state index contributed by atoms with van der Waals surface area (Å²) in [5.41, 5.74) is 8.30. The van der Waals surface area contributed by atoms with Gasteiger partial charge in [-0.15, -0.1) is 11.3 Å². The maximum atomic E-state index is 10.2. The van der Waals surface area contributed by atoms with Gasteiger partial charge in [-0.2, -0.15) is 0 Å². The van der Waals surface area contributed by atoms with Crippen molar-refractivity contribution in [2.24, 2.45) is 0 Å². The Morgan fingerprint density at radius 1 is 1.26 bits per heavy atom. The first-order chi connectivity index (χ1) is 16.6. The number of fused-ring (bicyclic) bond motifs is 3. The van der Waals surface area contributed by atoms with Gasteiger partial charge in [-0.25, -0.2) is 15.0 Å². The van der Waals surface area contributed by atoms with Crippen LogP contribution >= 0.6 is 11.3 Å². The molecule has 1 fully saturated rings.